The van der Waals surface area contributed by atoms with Gasteiger partial charge in [0, 0.05) is 11.4 Å². The van der Waals surface area contributed by atoms with Gasteiger partial charge in [-0.15, -0.1) is 35.6 Å². The van der Waals surface area contributed by atoms with Crippen LogP contribution in [0.3, 0.4) is 0 Å². The van der Waals surface area contributed by atoms with Gasteiger partial charge in [0.05, 0.1) is 0 Å². The number of hydrogen-bond acceptors (Lipinski definition) is 1. The first-order chi connectivity index (χ1) is 6.08. The second-order valence-electron chi connectivity index (χ2n) is 3.03. The number of alkyl halides is 2. The van der Waals surface area contributed by atoms with Crippen LogP contribution in [0.2, 0.25) is 0 Å². The van der Waals surface area contributed by atoms with E-state index < -0.39 is 4.87 Å². The van der Waals surface area contributed by atoms with Crippen molar-refractivity contribution < 1.29 is 4.79 Å². The summed E-state index contributed by atoms with van der Waals surface area (Å²) in [5.41, 5.74) is 0.598. The van der Waals surface area contributed by atoms with Crippen molar-refractivity contribution in [2.75, 3.05) is 5.88 Å². The third-order valence-corrected chi connectivity index (χ3v) is 2.74. The first-order valence-corrected chi connectivity index (χ1v) is 4.84. The number of Topliss-reactive ketones (excluding diaryl/α,β-unsaturated/α-hetero) is 1. The Morgan fingerprint density at radius 1 is 1.36 bits per heavy atom. The van der Waals surface area contributed by atoms with E-state index in [0.29, 0.717) is 5.56 Å². The van der Waals surface area contributed by atoms with Gasteiger partial charge in [-0.1, -0.05) is 30.3 Å². The van der Waals surface area contributed by atoms with Gasteiger partial charge in [-0.05, 0) is 6.92 Å². The van der Waals surface area contributed by atoms with Gasteiger partial charge in [-0.25, -0.2) is 0 Å². The van der Waals surface area contributed by atoms with Crippen molar-refractivity contribution in [3.05, 3.63) is 35.9 Å². The fourth-order valence-corrected chi connectivity index (χ4v) is 1.18. The molecule has 4 heteroatoms. The van der Waals surface area contributed by atoms with Crippen LogP contribution in [0.4, 0.5) is 0 Å². The maximum atomic E-state index is 11.7. The lowest BCUT2D eigenvalue weighted by Gasteiger charge is -2.16. The molecule has 0 aliphatic carbocycles. The predicted octanol–water partition coefficient (Wildman–Crippen LogP) is 3.53. The largest absolute Gasteiger partial charge is 0.292 e. The van der Waals surface area contributed by atoms with Crippen LogP contribution in [0, 0.1) is 0 Å². The third-order valence-electron chi connectivity index (χ3n) is 1.76. The Bertz CT molecular complexity index is 295. The summed E-state index contributed by atoms with van der Waals surface area (Å²) in [6.07, 6.45) is 0. The molecule has 1 aromatic rings. The van der Waals surface area contributed by atoms with Crippen molar-refractivity contribution in [3.8, 4) is 0 Å². The monoisotopic (exact) mass is 252 g/mol. The predicted molar refractivity (Wildman–Crippen MR) is 63.0 cm³/mol. The quantitative estimate of drug-likeness (QED) is 0.595. The summed E-state index contributed by atoms with van der Waals surface area (Å²) >= 11 is 11.5. The van der Waals surface area contributed by atoms with E-state index in [9.17, 15) is 4.79 Å². The average molecular weight is 254 g/mol. The minimum Gasteiger partial charge on any atom is -0.292 e. The molecule has 0 spiro atoms. The summed E-state index contributed by atoms with van der Waals surface area (Å²) in [4.78, 5) is 10.7. The molecule has 0 fully saturated rings. The van der Waals surface area contributed by atoms with E-state index in [4.69, 9.17) is 23.2 Å². The Morgan fingerprint density at radius 2 is 1.86 bits per heavy atom. The first-order valence-electron chi connectivity index (χ1n) is 3.92. The lowest BCUT2D eigenvalue weighted by Crippen LogP contribution is -2.30. The van der Waals surface area contributed by atoms with Gasteiger partial charge in [0.1, 0.15) is 4.87 Å². The van der Waals surface area contributed by atoms with Crippen molar-refractivity contribution in [2.24, 2.45) is 0 Å². The molecule has 1 rings (SSSR count). The van der Waals surface area contributed by atoms with Gasteiger partial charge >= 0.3 is 0 Å². The topological polar surface area (TPSA) is 17.1 Å². The molecule has 1 atom stereocenters. The van der Waals surface area contributed by atoms with Gasteiger partial charge in [-0.3, -0.25) is 4.79 Å². The summed E-state index contributed by atoms with van der Waals surface area (Å²) in [7, 11) is 0. The number of benzene rings is 1. The van der Waals surface area contributed by atoms with Crippen molar-refractivity contribution in [2.45, 2.75) is 11.8 Å². The smallest absolute Gasteiger partial charge is 0.184 e. The molecule has 0 aliphatic rings. The highest BCUT2D eigenvalue weighted by molar-refractivity contribution is 6.42. The van der Waals surface area contributed by atoms with E-state index >= 15 is 0 Å². The van der Waals surface area contributed by atoms with Crippen molar-refractivity contribution in [3.63, 3.8) is 0 Å². The molecule has 0 saturated carbocycles. The molecule has 0 amide bonds. The van der Waals surface area contributed by atoms with Gasteiger partial charge in [0.15, 0.2) is 5.78 Å². The maximum Gasteiger partial charge on any atom is 0.184 e. The lowest BCUT2D eigenvalue weighted by molar-refractivity contribution is 0.0956. The van der Waals surface area contributed by atoms with Crippen LogP contribution in [-0.4, -0.2) is 16.5 Å². The Balaban J connectivity index is 0.00000169. The van der Waals surface area contributed by atoms with E-state index in [0.717, 1.165) is 0 Å². The molecule has 1 unspecified atom stereocenters. The van der Waals surface area contributed by atoms with E-state index in [1.54, 1.807) is 31.2 Å². The molecule has 0 radical (unpaired) electrons. The van der Waals surface area contributed by atoms with Crippen molar-refractivity contribution >= 4 is 41.4 Å². The number of carbonyl (C=O) groups is 1. The normalized spacial score (nSPS) is 13.9. The summed E-state index contributed by atoms with van der Waals surface area (Å²) in [6.45, 7) is 1.62. The molecule has 78 valence electrons. The van der Waals surface area contributed by atoms with Crippen LogP contribution >= 0.6 is 35.6 Å². The third kappa shape index (κ3) is 3.16. The zero-order chi connectivity index (χ0) is 9.90. The molecule has 0 aliphatic heterocycles. The van der Waals surface area contributed by atoms with E-state index in [-0.39, 0.29) is 24.1 Å². The molecular formula is C10H11Cl3O. The summed E-state index contributed by atoms with van der Waals surface area (Å²) in [5, 5.41) is 0. The van der Waals surface area contributed by atoms with E-state index in [1.165, 1.54) is 0 Å². The Hall–Kier alpha value is -0.240. The van der Waals surface area contributed by atoms with E-state index in [2.05, 4.69) is 0 Å². The Labute approximate surface area is 99.8 Å². The number of carbonyl (C=O) groups excluding carboxylic acids is 1. The van der Waals surface area contributed by atoms with Gasteiger partial charge in [-0.2, -0.15) is 0 Å². The highest BCUT2D eigenvalue weighted by Crippen LogP contribution is 2.21. The van der Waals surface area contributed by atoms with Crippen LogP contribution in [-0.2, 0) is 0 Å². The Morgan fingerprint density at radius 3 is 2.29 bits per heavy atom. The molecular weight excluding hydrogens is 242 g/mol. The molecule has 1 nitrogen and oxygen atoms in total. The fraction of sp³-hybridized carbons (Fsp3) is 0.300. The second-order valence-corrected chi connectivity index (χ2v) is 4.13. The highest BCUT2D eigenvalue weighted by atomic mass is 35.5. The van der Waals surface area contributed by atoms with Gasteiger partial charge in [0.2, 0.25) is 0 Å². The zero-order valence-electron chi connectivity index (χ0n) is 7.67. The zero-order valence-corrected chi connectivity index (χ0v) is 9.99. The van der Waals surface area contributed by atoms with Crippen LogP contribution in [0.25, 0.3) is 0 Å². The molecule has 0 N–H and O–H groups in total. The molecule has 0 saturated heterocycles. The maximum absolute atomic E-state index is 11.7. The van der Waals surface area contributed by atoms with Crippen LogP contribution < -0.4 is 0 Å². The van der Waals surface area contributed by atoms with Crippen molar-refractivity contribution in [1.29, 1.82) is 0 Å². The molecule has 0 bridgehead atoms. The Kier molecular flexibility index (Phi) is 5.50. The summed E-state index contributed by atoms with van der Waals surface area (Å²) in [6, 6.07) is 8.91. The standard InChI is InChI=1S/C10H10Cl2O.ClH/c1-10(12,7-11)9(13)8-5-3-2-4-6-8;/h2-6H,7H2,1H3;1H. The SMILES string of the molecule is CC(Cl)(CCl)C(=O)c1ccccc1.Cl. The van der Waals surface area contributed by atoms with E-state index in [1.807, 2.05) is 6.07 Å². The molecule has 1 aromatic carbocycles. The number of hydrogen-bond donors (Lipinski definition) is 0. The lowest BCUT2D eigenvalue weighted by atomic mass is 10.0. The first kappa shape index (κ1) is 13.8. The van der Waals surface area contributed by atoms with Gasteiger partial charge in [0.25, 0.3) is 0 Å². The molecule has 14 heavy (non-hydrogen) atoms. The van der Waals surface area contributed by atoms with Crippen LogP contribution in [0.5, 0.6) is 0 Å². The number of ketones is 1. The van der Waals surface area contributed by atoms with Crippen LogP contribution in [0.15, 0.2) is 30.3 Å². The summed E-state index contributed by atoms with van der Waals surface area (Å²) in [5.74, 6) is -0.0211. The second kappa shape index (κ2) is 5.59. The van der Waals surface area contributed by atoms with Gasteiger partial charge < -0.3 is 0 Å². The minimum absolute atomic E-state index is 0. The molecule has 0 aromatic heterocycles. The fourth-order valence-electron chi connectivity index (χ4n) is 0.951. The number of halogens is 3. The molecule has 0 heterocycles. The van der Waals surface area contributed by atoms with Crippen molar-refractivity contribution in [1.82, 2.24) is 0 Å². The van der Waals surface area contributed by atoms with Crippen LogP contribution in [0.1, 0.15) is 17.3 Å². The highest BCUT2D eigenvalue weighted by Gasteiger charge is 2.30. The average Bonchev–Trinajstić information content (AvgIpc) is 2.18. The summed E-state index contributed by atoms with van der Waals surface area (Å²) < 4.78 is 0. The number of rotatable bonds is 3. The minimum atomic E-state index is -0.997.